The fourth-order valence-electron chi connectivity index (χ4n) is 3.67. The first-order valence-electron chi connectivity index (χ1n) is 10.2. The van der Waals surface area contributed by atoms with E-state index in [2.05, 4.69) is 26.0 Å². The molecule has 0 radical (unpaired) electrons. The number of nitrogens with zero attached hydrogens (tertiary/aromatic N) is 2. The van der Waals surface area contributed by atoms with Crippen LogP contribution >= 0.6 is 34.7 Å². The van der Waals surface area contributed by atoms with Gasteiger partial charge in [0.15, 0.2) is 5.13 Å². The summed E-state index contributed by atoms with van der Waals surface area (Å²) in [7, 11) is 0. The van der Waals surface area contributed by atoms with Crippen LogP contribution in [0.25, 0.3) is 10.2 Å². The van der Waals surface area contributed by atoms with E-state index in [-0.39, 0.29) is 12.0 Å². The van der Waals surface area contributed by atoms with Crippen molar-refractivity contribution in [1.82, 2.24) is 4.98 Å². The van der Waals surface area contributed by atoms with Crippen LogP contribution in [0.2, 0.25) is 5.02 Å². The molecule has 30 heavy (non-hydrogen) atoms. The van der Waals surface area contributed by atoms with Gasteiger partial charge in [-0.05, 0) is 68.1 Å². The van der Waals surface area contributed by atoms with Gasteiger partial charge in [-0.2, -0.15) is 0 Å². The third-order valence-corrected chi connectivity index (χ3v) is 7.45. The molecule has 2 aromatic carbocycles. The second-order valence-electron chi connectivity index (χ2n) is 7.62. The molecule has 158 valence electrons. The van der Waals surface area contributed by atoms with Gasteiger partial charge in [0.1, 0.15) is 0 Å². The lowest BCUT2D eigenvalue weighted by Gasteiger charge is -2.23. The first-order chi connectivity index (χ1) is 14.5. The number of aromatic nitrogens is 1. The Balaban J connectivity index is 1.50. The number of rotatable bonds is 7. The Hall–Kier alpha value is -1.60. The predicted octanol–water partition coefficient (Wildman–Crippen LogP) is 6.26. The summed E-state index contributed by atoms with van der Waals surface area (Å²) in [5, 5.41) is 1.50. The van der Waals surface area contributed by atoms with Crippen LogP contribution in [0, 0.1) is 13.8 Å². The molecule has 7 heteroatoms. The molecule has 1 aliphatic heterocycles. The van der Waals surface area contributed by atoms with Crippen molar-refractivity contribution in [3.63, 3.8) is 0 Å². The Bertz CT molecular complexity index is 1030. The van der Waals surface area contributed by atoms with Crippen LogP contribution in [0.3, 0.4) is 0 Å². The maximum Gasteiger partial charge on any atom is 0.229 e. The SMILES string of the molecule is Cc1cc(C)c2nc(N(CC3CCCO3)C(=O)CCSc3ccc(Cl)cc3)sc2c1. The second-order valence-corrected chi connectivity index (χ2v) is 10.2. The molecular weight excluding hydrogens is 436 g/mol. The first kappa shape index (κ1) is 21.6. The molecule has 3 aromatic rings. The van der Waals surface area contributed by atoms with E-state index < -0.39 is 0 Å². The number of thioether (sulfide) groups is 1. The zero-order valence-corrected chi connectivity index (χ0v) is 19.6. The van der Waals surface area contributed by atoms with Gasteiger partial charge in [-0.3, -0.25) is 9.69 Å². The van der Waals surface area contributed by atoms with Gasteiger partial charge in [0.05, 0.1) is 22.9 Å². The highest BCUT2D eigenvalue weighted by molar-refractivity contribution is 7.99. The molecule has 1 fully saturated rings. The number of fused-ring (bicyclic) bond motifs is 1. The molecule has 0 saturated carbocycles. The molecule has 0 spiro atoms. The quantitative estimate of drug-likeness (QED) is 0.390. The highest BCUT2D eigenvalue weighted by atomic mass is 35.5. The molecule has 1 saturated heterocycles. The van der Waals surface area contributed by atoms with Crippen molar-refractivity contribution >= 4 is 56.0 Å². The minimum absolute atomic E-state index is 0.0905. The van der Waals surface area contributed by atoms with E-state index in [0.29, 0.717) is 18.7 Å². The van der Waals surface area contributed by atoms with Gasteiger partial charge in [-0.1, -0.05) is 29.0 Å². The van der Waals surface area contributed by atoms with E-state index in [9.17, 15) is 4.79 Å². The monoisotopic (exact) mass is 460 g/mol. The van der Waals surface area contributed by atoms with Gasteiger partial charge < -0.3 is 4.74 Å². The van der Waals surface area contributed by atoms with Crippen molar-refractivity contribution in [3.8, 4) is 0 Å². The molecule has 1 aliphatic rings. The van der Waals surface area contributed by atoms with E-state index in [4.69, 9.17) is 21.3 Å². The Morgan fingerprint density at radius 3 is 2.83 bits per heavy atom. The highest BCUT2D eigenvalue weighted by Gasteiger charge is 2.26. The Morgan fingerprint density at radius 2 is 2.10 bits per heavy atom. The number of thiazole rings is 1. The lowest BCUT2D eigenvalue weighted by atomic mass is 10.1. The van der Waals surface area contributed by atoms with Gasteiger partial charge in [-0.25, -0.2) is 4.98 Å². The molecule has 1 atom stereocenters. The molecule has 4 nitrogen and oxygen atoms in total. The Labute approximate surface area is 190 Å². The molecule has 2 heterocycles. The lowest BCUT2D eigenvalue weighted by molar-refractivity contribution is -0.118. The number of anilines is 1. The molecule has 0 N–H and O–H groups in total. The van der Waals surface area contributed by atoms with Crippen LogP contribution in [0.4, 0.5) is 5.13 Å². The average molecular weight is 461 g/mol. The summed E-state index contributed by atoms with van der Waals surface area (Å²) in [4.78, 5) is 21.0. The lowest BCUT2D eigenvalue weighted by Crippen LogP contribution is -2.37. The topological polar surface area (TPSA) is 42.4 Å². The van der Waals surface area contributed by atoms with Crippen LogP contribution in [0.1, 0.15) is 30.4 Å². The number of carbonyl (C=O) groups is 1. The number of hydrogen-bond acceptors (Lipinski definition) is 5. The number of ether oxygens (including phenoxy) is 1. The summed E-state index contributed by atoms with van der Waals surface area (Å²) < 4.78 is 6.95. The zero-order chi connectivity index (χ0) is 21.1. The van der Waals surface area contributed by atoms with E-state index in [1.165, 1.54) is 5.56 Å². The minimum Gasteiger partial charge on any atom is -0.376 e. The summed E-state index contributed by atoms with van der Waals surface area (Å²) in [6.45, 7) is 5.52. The summed E-state index contributed by atoms with van der Waals surface area (Å²) >= 11 is 9.21. The van der Waals surface area contributed by atoms with E-state index in [1.807, 2.05) is 29.2 Å². The summed E-state index contributed by atoms with van der Waals surface area (Å²) in [6.07, 6.45) is 2.59. The maximum absolute atomic E-state index is 13.2. The number of hydrogen-bond donors (Lipinski definition) is 0. The summed E-state index contributed by atoms with van der Waals surface area (Å²) in [5.74, 6) is 0.811. The van der Waals surface area contributed by atoms with Crippen molar-refractivity contribution in [3.05, 3.63) is 52.5 Å². The molecular formula is C23H25ClN2O2S2. The highest BCUT2D eigenvalue weighted by Crippen LogP contribution is 2.33. The third-order valence-electron chi connectivity index (χ3n) is 5.16. The maximum atomic E-state index is 13.2. The Morgan fingerprint density at radius 1 is 1.30 bits per heavy atom. The molecule has 0 bridgehead atoms. The van der Waals surface area contributed by atoms with Crippen molar-refractivity contribution in [2.45, 2.75) is 44.1 Å². The Kier molecular flexibility index (Phi) is 6.98. The fraction of sp³-hybridized carbons (Fsp3) is 0.391. The standard InChI is InChI=1S/C23H25ClN2O2S2/c1-15-12-16(2)22-20(13-15)30-23(25-22)26(14-18-4-3-10-28-18)21(27)9-11-29-19-7-5-17(24)6-8-19/h5-8,12-13,18H,3-4,9-11,14H2,1-2H3. The molecule has 1 aromatic heterocycles. The van der Waals surface area contributed by atoms with Crippen LogP contribution in [0.15, 0.2) is 41.3 Å². The van der Waals surface area contributed by atoms with Crippen molar-refractivity contribution in [1.29, 1.82) is 0 Å². The van der Waals surface area contributed by atoms with E-state index in [1.54, 1.807) is 23.1 Å². The van der Waals surface area contributed by atoms with Gasteiger partial charge in [0, 0.05) is 28.7 Å². The zero-order valence-electron chi connectivity index (χ0n) is 17.2. The smallest absolute Gasteiger partial charge is 0.229 e. The van der Waals surface area contributed by atoms with Gasteiger partial charge in [-0.15, -0.1) is 11.8 Å². The van der Waals surface area contributed by atoms with Crippen LogP contribution < -0.4 is 4.90 Å². The van der Waals surface area contributed by atoms with Crippen molar-refractivity contribution in [2.24, 2.45) is 0 Å². The summed E-state index contributed by atoms with van der Waals surface area (Å²) in [5.41, 5.74) is 3.35. The van der Waals surface area contributed by atoms with Gasteiger partial charge >= 0.3 is 0 Å². The van der Waals surface area contributed by atoms with Crippen LogP contribution in [-0.2, 0) is 9.53 Å². The number of benzene rings is 2. The largest absolute Gasteiger partial charge is 0.376 e. The normalized spacial score (nSPS) is 16.3. The van der Waals surface area contributed by atoms with Crippen molar-refractivity contribution in [2.75, 3.05) is 23.8 Å². The molecule has 1 amide bonds. The second kappa shape index (κ2) is 9.69. The summed E-state index contributed by atoms with van der Waals surface area (Å²) in [6, 6.07) is 12.0. The number of carbonyl (C=O) groups excluding carboxylic acids is 1. The molecule has 4 rings (SSSR count). The fourth-order valence-corrected chi connectivity index (χ4v) is 5.81. The molecule has 1 unspecified atom stereocenters. The molecule has 0 aliphatic carbocycles. The minimum atomic E-state index is 0.0905. The number of aryl methyl sites for hydroxylation is 2. The van der Waals surface area contributed by atoms with Gasteiger partial charge in [0.2, 0.25) is 5.91 Å². The van der Waals surface area contributed by atoms with Gasteiger partial charge in [0.25, 0.3) is 0 Å². The van der Waals surface area contributed by atoms with E-state index >= 15 is 0 Å². The van der Waals surface area contributed by atoms with Crippen molar-refractivity contribution < 1.29 is 9.53 Å². The third kappa shape index (κ3) is 5.17. The number of amides is 1. The predicted molar refractivity (Wildman–Crippen MR) is 127 cm³/mol. The van der Waals surface area contributed by atoms with E-state index in [0.717, 1.165) is 50.3 Å². The van der Waals surface area contributed by atoms with Crippen LogP contribution in [-0.4, -0.2) is 35.9 Å². The first-order valence-corrected chi connectivity index (χ1v) is 12.4. The van der Waals surface area contributed by atoms with Crippen LogP contribution in [0.5, 0.6) is 0 Å². The average Bonchev–Trinajstić information content (AvgIpc) is 3.37. The number of halogens is 1.